The Labute approximate surface area is 106 Å². The standard InChI is InChI=1S/Ca.Li.Na.Nb.4H. The summed E-state index contributed by atoms with van der Waals surface area (Å²) in [6, 6.07) is 0. The summed E-state index contributed by atoms with van der Waals surface area (Å²) in [6.07, 6.45) is 0. The van der Waals surface area contributed by atoms with Crippen molar-refractivity contribution in [1.82, 2.24) is 0 Å². The Kier molecular flexibility index (Phi) is 102. The molecule has 0 saturated heterocycles. The van der Waals surface area contributed by atoms with Crippen molar-refractivity contribution in [2.45, 2.75) is 0 Å². The molecule has 0 amide bonds. The maximum atomic E-state index is 0. The van der Waals surface area contributed by atoms with Crippen molar-refractivity contribution < 1.29 is 22.4 Å². The number of hydrogen-bond acceptors (Lipinski definition) is 0. The molecule has 0 saturated carbocycles. The average Bonchev–Trinajstić information content (AvgIpc) is 0. The van der Waals surface area contributed by atoms with Gasteiger partial charge in [-0.2, -0.15) is 0 Å². The van der Waals surface area contributed by atoms with E-state index in [-0.39, 0.29) is 109 Å². The topological polar surface area (TPSA) is 0 Å². The van der Waals surface area contributed by atoms with Gasteiger partial charge in [0.15, 0.2) is 0 Å². The molecule has 0 aliphatic heterocycles. The third-order valence-electron chi connectivity index (χ3n) is 0. The normalized spacial score (nSPS) is 0. The van der Waals surface area contributed by atoms with Crippen molar-refractivity contribution in [3.8, 4) is 0 Å². The minimum Gasteiger partial charge on any atom is 0 e. The van der Waals surface area contributed by atoms with Crippen molar-refractivity contribution in [3.05, 3.63) is 0 Å². The van der Waals surface area contributed by atoms with Gasteiger partial charge >= 0.3 is 86.2 Å². The van der Waals surface area contributed by atoms with Gasteiger partial charge in [0.1, 0.15) is 0 Å². The maximum Gasteiger partial charge on any atom is 0 e. The smallest absolute Gasteiger partial charge is 0 e. The molecule has 0 spiro atoms. The fourth-order valence-electron chi connectivity index (χ4n) is 0. The molecule has 0 rings (SSSR count). The van der Waals surface area contributed by atoms with Crippen LogP contribution in [0.15, 0.2) is 0 Å². The molecular formula is H4CaLiNaNb. The Bertz CT molecular complexity index is 8.00. The quantitative estimate of drug-likeness (QED) is 0.358. The Morgan fingerprint density at radius 3 is 1.00 bits per heavy atom. The first-order valence-electron chi connectivity index (χ1n) is 0. The molecule has 1 radical (unpaired) electrons. The van der Waals surface area contributed by atoms with Gasteiger partial charge in [-0.05, 0) is 0 Å². The van der Waals surface area contributed by atoms with Crippen LogP contribution in [0.1, 0.15) is 0 Å². The fourth-order valence-corrected chi connectivity index (χ4v) is 0. The van der Waals surface area contributed by atoms with Gasteiger partial charge in [0.2, 0.25) is 0 Å². The van der Waals surface area contributed by atoms with Crippen molar-refractivity contribution in [2.24, 2.45) is 0 Å². The predicted octanol–water partition coefficient (Wildman–Crippen LogP) is -2.22. The third kappa shape index (κ3) is 9.14. The zero-order valence-corrected chi connectivity index (χ0v) is 2.65. The first-order chi connectivity index (χ1) is 0. The van der Waals surface area contributed by atoms with Gasteiger partial charge in [0.25, 0.3) is 0 Å². The van der Waals surface area contributed by atoms with Crippen molar-refractivity contribution in [3.63, 3.8) is 0 Å². The van der Waals surface area contributed by atoms with Crippen LogP contribution in [-0.2, 0) is 22.4 Å². The molecule has 0 aromatic heterocycles. The summed E-state index contributed by atoms with van der Waals surface area (Å²) in [5.74, 6) is 0. The Hall–Kier alpha value is 3.60. The van der Waals surface area contributed by atoms with E-state index in [0.29, 0.717) is 0 Å². The molecule has 0 unspecified atom stereocenters. The Morgan fingerprint density at radius 1 is 1.00 bits per heavy atom. The van der Waals surface area contributed by atoms with E-state index in [2.05, 4.69) is 0 Å². The van der Waals surface area contributed by atoms with E-state index in [4.69, 9.17) is 0 Å². The van der Waals surface area contributed by atoms with Gasteiger partial charge in [-0.25, -0.2) is 0 Å². The minimum atomic E-state index is 0. The second kappa shape index (κ2) is 16.0. The van der Waals surface area contributed by atoms with Crippen molar-refractivity contribution >= 4 is 86.2 Å². The first kappa shape index (κ1) is 25.6. The molecule has 0 aliphatic carbocycles. The summed E-state index contributed by atoms with van der Waals surface area (Å²) >= 11 is 0. The van der Waals surface area contributed by atoms with Gasteiger partial charge < -0.3 is 0 Å². The molecule has 0 atom stereocenters. The van der Waals surface area contributed by atoms with Crippen LogP contribution >= 0.6 is 0 Å². The largest absolute Gasteiger partial charge is 0 e. The van der Waals surface area contributed by atoms with Crippen LogP contribution in [0.25, 0.3) is 0 Å². The summed E-state index contributed by atoms with van der Waals surface area (Å²) < 4.78 is 0. The molecule has 4 heteroatoms. The van der Waals surface area contributed by atoms with Crippen molar-refractivity contribution in [2.75, 3.05) is 0 Å². The zero-order valence-electron chi connectivity index (χ0n) is 0.447. The molecule has 0 aromatic rings. The maximum absolute atomic E-state index is 0. The van der Waals surface area contributed by atoms with Gasteiger partial charge in [-0.1, -0.05) is 0 Å². The molecule has 4 heavy (non-hydrogen) atoms. The van der Waals surface area contributed by atoms with Crippen LogP contribution in [0, 0.1) is 0 Å². The van der Waals surface area contributed by atoms with E-state index >= 15 is 0 Å². The fraction of sp³-hybridized carbons (Fsp3) is 0. The van der Waals surface area contributed by atoms with E-state index < -0.39 is 0 Å². The molecule has 0 nitrogen and oxygen atoms in total. The van der Waals surface area contributed by atoms with Crippen molar-refractivity contribution in [1.29, 1.82) is 0 Å². The van der Waals surface area contributed by atoms with Gasteiger partial charge in [-0.15, -0.1) is 0 Å². The Morgan fingerprint density at radius 2 is 1.00 bits per heavy atom. The summed E-state index contributed by atoms with van der Waals surface area (Å²) in [4.78, 5) is 0. The summed E-state index contributed by atoms with van der Waals surface area (Å²) in [6.45, 7) is 0. The van der Waals surface area contributed by atoms with E-state index in [1.165, 1.54) is 0 Å². The average molecular weight is 167 g/mol. The first-order valence-corrected chi connectivity index (χ1v) is 0. The predicted molar refractivity (Wildman–Crippen MR) is 22.8 cm³/mol. The third-order valence-corrected chi connectivity index (χ3v) is 0. The molecule has 0 heterocycles. The van der Waals surface area contributed by atoms with Crippen LogP contribution in [0.3, 0.4) is 0 Å². The molecule has 0 N–H and O–H groups in total. The molecule has 13 valence electrons. The molecule has 0 aliphatic rings. The van der Waals surface area contributed by atoms with E-state index in [1.807, 2.05) is 0 Å². The van der Waals surface area contributed by atoms with Crippen LogP contribution in [0.4, 0.5) is 0 Å². The van der Waals surface area contributed by atoms with Crippen LogP contribution in [0.5, 0.6) is 0 Å². The second-order valence-corrected chi connectivity index (χ2v) is 0. The van der Waals surface area contributed by atoms with Gasteiger partial charge in [0.05, 0.1) is 0 Å². The minimum absolute atomic E-state index is 0. The molecule has 0 fully saturated rings. The van der Waals surface area contributed by atoms with E-state index in [0.717, 1.165) is 0 Å². The number of rotatable bonds is 0. The summed E-state index contributed by atoms with van der Waals surface area (Å²) in [7, 11) is 0. The monoisotopic (exact) mass is 167 g/mol. The van der Waals surface area contributed by atoms with Gasteiger partial charge in [-0.3, -0.25) is 0 Å². The SMILES string of the molecule is [CaH2].[LiH].[NaH].[Nb]. The van der Waals surface area contributed by atoms with Crippen LogP contribution in [-0.4, -0.2) is 86.2 Å². The molecule has 0 aromatic carbocycles. The molecule has 0 bridgehead atoms. The Balaban J connectivity index is 0. The van der Waals surface area contributed by atoms with E-state index in [1.54, 1.807) is 0 Å². The zero-order chi connectivity index (χ0) is 0. The molecular weight excluding hydrogens is 163 g/mol. The number of hydrogen-bond donors (Lipinski definition) is 0. The summed E-state index contributed by atoms with van der Waals surface area (Å²) in [5, 5.41) is 0. The summed E-state index contributed by atoms with van der Waals surface area (Å²) in [5.41, 5.74) is 0. The van der Waals surface area contributed by atoms with Crippen LogP contribution in [0.2, 0.25) is 0 Å². The van der Waals surface area contributed by atoms with Gasteiger partial charge in [0, 0.05) is 22.4 Å². The second-order valence-electron chi connectivity index (χ2n) is 0. The van der Waals surface area contributed by atoms with Crippen LogP contribution < -0.4 is 0 Å². The van der Waals surface area contributed by atoms with E-state index in [9.17, 15) is 0 Å².